The van der Waals surface area contributed by atoms with Gasteiger partial charge in [0.25, 0.3) is 5.91 Å². The summed E-state index contributed by atoms with van der Waals surface area (Å²) in [5.41, 5.74) is 1.35. The molecule has 156 valence electrons. The van der Waals surface area contributed by atoms with Gasteiger partial charge in [0.2, 0.25) is 10.0 Å². The lowest BCUT2D eigenvalue weighted by Gasteiger charge is -2.19. The van der Waals surface area contributed by atoms with Gasteiger partial charge in [-0.15, -0.1) is 0 Å². The molecule has 0 aliphatic rings. The molecule has 0 unspecified atom stereocenters. The molecular weight excluding hydrogens is 460 g/mol. The number of halogens is 1. The van der Waals surface area contributed by atoms with Gasteiger partial charge in [-0.1, -0.05) is 32.0 Å². The summed E-state index contributed by atoms with van der Waals surface area (Å²) < 4.78 is 32.3. The predicted octanol–water partition coefficient (Wildman–Crippen LogP) is 3.58. The SMILES string of the molecule is CCN(CC)S(=O)(=O)c1ccc(C)c(NC(=O)COC(=O)c2ccccc2Br)c1. The van der Waals surface area contributed by atoms with Crippen molar-refractivity contribution in [3.8, 4) is 0 Å². The van der Waals surface area contributed by atoms with E-state index in [1.165, 1.54) is 16.4 Å². The van der Waals surface area contributed by atoms with Crippen molar-refractivity contribution in [2.45, 2.75) is 25.7 Å². The van der Waals surface area contributed by atoms with Gasteiger partial charge in [0.1, 0.15) is 0 Å². The number of carbonyl (C=O) groups excluding carboxylic acids is 2. The molecule has 2 aromatic carbocycles. The topological polar surface area (TPSA) is 92.8 Å². The molecule has 0 atom stereocenters. The normalized spacial score (nSPS) is 11.3. The molecule has 1 N–H and O–H groups in total. The first-order valence-corrected chi connectivity index (χ1v) is 11.3. The highest BCUT2D eigenvalue weighted by molar-refractivity contribution is 9.10. The van der Waals surface area contributed by atoms with E-state index in [1.807, 2.05) is 0 Å². The summed E-state index contributed by atoms with van der Waals surface area (Å²) >= 11 is 3.25. The van der Waals surface area contributed by atoms with Crippen molar-refractivity contribution in [3.05, 3.63) is 58.1 Å². The maximum absolute atomic E-state index is 12.7. The van der Waals surface area contributed by atoms with Crippen LogP contribution in [0.25, 0.3) is 0 Å². The number of ether oxygens (including phenoxy) is 1. The average Bonchev–Trinajstić information content (AvgIpc) is 2.68. The summed E-state index contributed by atoms with van der Waals surface area (Å²) in [7, 11) is -3.65. The molecule has 2 aromatic rings. The molecule has 29 heavy (non-hydrogen) atoms. The molecule has 0 aliphatic carbocycles. The van der Waals surface area contributed by atoms with Gasteiger partial charge in [-0.05, 0) is 52.7 Å². The van der Waals surface area contributed by atoms with Crippen LogP contribution in [-0.4, -0.2) is 44.3 Å². The lowest BCUT2D eigenvalue weighted by atomic mass is 10.2. The largest absolute Gasteiger partial charge is 0.452 e. The fraction of sp³-hybridized carbons (Fsp3) is 0.300. The number of nitrogens with zero attached hydrogens (tertiary/aromatic N) is 1. The minimum absolute atomic E-state index is 0.0901. The summed E-state index contributed by atoms with van der Waals surface area (Å²) in [5.74, 6) is -1.20. The molecule has 0 spiro atoms. The first-order chi connectivity index (χ1) is 13.7. The third-order valence-corrected chi connectivity index (χ3v) is 6.99. The van der Waals surface area contributed by atoms with Gasteiger partial charge in [-0.2, -0.15) is 4.31 Å². The van der Waals surface area contributed by atoms with E-state index in [2.05, 4.69) is 21.2 Å². The fourth-order valence-electron chi connectivity index (χ4n) is 2.63. The van der Waals surface area contributed by atoms with Gasteiger partial charge in [0.05, 0.1) is 10.5 Å². The van der Waals surface area contributed by atoms with Crippen molar-refractivity contribution < 1.29 is 22.7 Å². The lowest BCUT2D eigenvalue weighted by Crippen LogP contribution is -2.30. The Morgan fingerprint density at radius 1 is 1.10 bits per heavy atom. The van der Waals surface area contributed by atoms with E-state index in [-0.39, 0.29) is 4.90 Å². The number of esters is 1. The summed E-state index contributed by atoms with van der Waals surface area (Å²) in [6.45, 7) is 5.47. The summed E-state index contributed by atoms with van der Waals surface area (Å²) in [6.07, 6.45) is 0. The van der Waals surface area contributed by atoms with Gasteiger partial charge in [0, 0.05) is 23.2 Å². The monoisotopic (exact) mass is 482 g/mol. The number of hydrogen-bond acceptors (Lipinski definition) is 5. The number of anilines is 1. The summed E-state index contributed by atoms with van der Waals surface area (Å²) in [6, 6.07) is 11.3. The zero-order valence-electron chi connectivity index (χ0n) is 16.4. The van der Waals surface area contributed by atoms with Crippen LogP contribution < -0.4 is 5.32 Å². The van der Waals surface area contributed by atoms with Crippen molar-refractivity contribution >= 4 is 43.5 Å². The predicted molar refractivity (Wildman–Crippen MR) is 114 cm³/mol. The number of aryl methyl sites for hydroxylation is 1. The summed E-state index contributed by atoms with van der Waals surface area (Å²) in [5, 5.41) is 2.61. The van der Waals surface area contributed by atoms with E-state index < -0.39 is 28.5 Å². The Labute approximate surface area is 179 Å². The van der Waals surface area contributed by atoms with Crippen LogP contribution in [-0.2, 0) is 19.6 Å². The Morgan fingerprint density at radius 2 is 1.76 bits per heavy atom. The molecule has 0 saturated heterocycles. The Bertz CT molecular complexity index is 1000. The van der Waals surface area contributed by atoms with Crippen molar-refractivity contribution in [1.82, 2.24) is 4.31 Å². The van der Waals surface area contributed by atoms with E-state index in [9.17, 15) is 18.0 Å². The van der Waals surface area contributed by atoms with Crippen LogP contribution in [0.1, 0.15) is 29.8 Å². The molecule has 0 heterocycles. The number of nitrogens with one attached hydrogen (secondary N) is 1. The van der Waals surface area contributed by atoms with Crippen LogP contribution >= 0.6 is 15.9 Å². The Morgan fingerprint density at radius 3 is 2.38 bits per heavy atom. The maximum atomic E-state index is 12.7. The molecule has 2 rings (SSSR count). The highest BCUT2D eigenvalue weighted by atomic mass is 79.9. The standard InChI is InChI=1S/C20H23BrN2O5S/c1-4-23(5-2)29(26,27)15-11-10-14(3)18(12-15)22-19(24)13-28-20(25)16-8-6-7-9-17(16)21/h6-12H,4-5,13H2,1-3H3,(H,22,24). The zero-order chi connectivity index (χ0) is 21.6. The van der Waals surface area contributed by atoms with Crippen LogP contribution in [0, 0.1) is 6.92 Å². The van der Waals surface area contributed by atoms with Crippen molar-refractivity contribution in [3.63, 3.8) is 0 Å². The van der Waals surface area contributed by atoms with Gasteiger partial charge < -0.3 is 10.1 Å². The van der Waals surface area contributed by atoms with Gasteiger partial charge in [-0.3, -0.25) is 4.79 Å². The number of benzene rings is 2. The second-order valence-electron chi connectivity index (χ2n) is 6.17. The third-order valence-electron chi connectivity index (χ3n) is 4.25. The molecule has 0 aliphatic heterocycles. The minimum Gasteiger partial charge on any atom is -0.452 e. The number of amides is 1. The van der Waals surface area contributed by atoms with Gasteiger partial charge >= 0.3 is 5.97 Å². The molecule has 9 heteroatoms. The second kappa shape index (κ2) is 10.00. The minimum atomic E-state index is -3.65. The highest BCUT2D eigenvalue weighted by Gasteiger charge is 2.22. The summed E-state index contributed by atoms with van der Waals surface area (Å²) in [4.78, 5) is 24.4. The molecule has 0 saturated carbocycles. The second-order valence-corrected chi connectivity index (χ2v) is 8.96. The zero-order valence-corrected chi connectivity index (χ0v) is 18.8. The molecule has 1 amide bonds. The Hall–Kier alpha value is -2.23. The van der Waals surface area contributed by atoms with E-state index in [4.69, 9.17) is 4.74 Å². The molecule has 0 bridgehead atoms. The maximum Gasteiger partial charge on any atom is 0.339 e. The molecule has 0 aromatic heterocycles. The van der Waals surface area contributed by atoms with Crippen molar-refractivity contribution in [2.75, 3.05) is 25.0 Å². The van der Waals surface area contributed by atoms with Crippen LogP contribution in [0.4, 0.5) is 5.69 Å². The van der Waals surface area contributed by atoms with Gasteiger partial charge in [-0.25, -0.2) is 13.2 Å². The quantitative estimate of drug-likeness (QED) is 0.580. The van der Waals surface area contributed by atoms with E-state index in [1.54, 1.807) is 51.1 Å². The third kappa shape index (κ3) is 5.65. The van der Waals surface area contributed by atoms with Gasteiger partial charge in [0.15, 0.2) is 6.61 Å². The van der Waals surface area contributed by atoms with Crippen LogP contribution in [0.2, 0.25) is 0 Å². The first kappa shape index (κ1) is 23.1. The van der Waals surface area contributed by atoms with E-state index in [0.717, 1.165) is 0 Å². The molecular formula is C20H23BrN2O5S. The molecule has 0 fully saturated rings. The first-order valence-electron chi connectivity index (χ1n) is 9.03. The Kier molecular flexibility index (Phi) is 7.95. The van der Waals surface area contributed by atoms with E-state index >= 15 is 0 Å². The van der Waals surface area contributed by atoms with Crippen molar-refractivity contribution in [1.29, 1.82) is 0 Å². The van der Waals surface area contributed by atoms with Crippen LogP contribution in [0.3, 0.4) is 0 Å². The average molecular weight is 483 g/mol. The molecule has 7 nitrogen and oxygen atoms in total. The number of sulfonamides is 1. The number of rotatable bonds is 8. The van der Waals surface area contributed by atoms with Crippen molar-refractivity contribution in [2.24, 2.45) is 0 Å². The molecule has 0 radical (unpaired) electrons. The number of hydrogen-bond donors (Lipinski definition) is 1. The Balaban J connectivity index is 2.10. The number of carbonyl (C=O) groups is 2. The van der Waals surface area contributed by atoms with Crippen LogP contribution in [0.15, 0.2) is 51.8 Å². The van der Waals surface area contributed by atoms with Crippen LogP contribution in [0.5, 0.6) is 0 Å². The fourth-order valence-corrected chi connectivity index (χ4v) is 4.56. The van der Waals surface area contributed by atoms with E-state index in [0.29, 0.717) is 34.4 Å². The lowest BCUT2D eigenvalue weighted by molar-refractivity contribution is -0.119. The highest BCUT2D eigenvalue weighted by Crippen LogP contribution is 2.23. The smallest absolute Gasteiger partial charge is 0.339 e.